The fourth-order valence-corrected chi connectivity index (χ4v) is 4.12. The fraction of sp³-hybridized carbons (Fsp3) is 0.0476. The van der Waals surface area contributed by atoms with E-state index in [2.05, 4.69) is 35.8 Å². The predicted molar refractivity (Wildman–Crippen MR) is 121 cm³/mol. The Labute approximate surface area is 186 Å². The van der Waals surface area contributed by atoms with E-state index in [1.165, 1.54) is 29.9 Å². The molecular formula is C21H14ClN7OS. The van der Waals surface area contributed by atoms with Gasteiger partial charge in [0.2, 0.25) is 5.13 Å². The number of hydrogen-bond donors (Lipinski definition) is 2. The van der Waals surface area contributed by atoms with E-state index in [0.29, 0.717) is 27.4 Å². The number of anilines is 3. The van der Waals surface area contributed by atoms with E-state index in [9.17, 15) is 4.79 Å². The monoisotopic (exact) mass is 447 g/mol. The van der Waals surface area contributed by atoms with Crippen LogP contribution in [0.4, 0.5) is 16.5 Å². The summed E-state index contributed by atoms with van der Waals surface area (Å²) in [4.78, 5) is 24.5. The molecule has 0 fully saturated rings. The van der Waals surface area contributed by atoms with Gasteiger partial charge >= 0.3 is 0 Å². The lowest BCUT2D eigenvalue weighted by molar-refractivity contribution is 0.102. The van der Waals surface area contributed by atoms with Crippen LogP contribution in [0.2, 0.25) is 5.02 Å². The summed E-state index contributed by atoms with van der Waals surface area (Å²) in [5.41, 5.74) is 4.48. The fourth-order valence-electron chi connectivity index (χ4n) is 3.09. The molecule has 3 heterocycles. The summed E-state index contributed by atoms with van der Waals surface area (Å²) in [5, 5.41) is 16.5. The second kappa shape index (κ2) is 8.21. The minimum absolute atomic E-state index is 0.242. The van der Waals surface area contributed by atoms with Gasteiger partial charge in [0.05, 0.1) is 23.5 Å². The number of halogens is 1. The number of carbonyl (C=O) groups excluding carboxylic acids is 1. The summed E-state index contributed by atoms with van der Waals surface area (Å²) in [6.45, 7) is 0.655. The Hall–Kier alpha value is -3.69. The smallest absolute Gasteiger partial charge is 0.275 e. The van der Waals surface area contributed by atoms with Crippen LogP contribution in [0.5, 0.6) is 0 Å². The van der Waals surface area contributed by atoms with Crippen molar-refractivity contribution in [1.29, 1.82) is 0 Å². The molecule has 2 aromatic heterocycles. The maximum Gasteiger partial charge on any atom is 0.275 e. The number of carbonyl (C=O) groups is 1. The number of aliphatic imine (C=N–C) groups is 1. The van der Waals surface area contributed by atoms with E-state index < -0.39 is 0 Å². The van der Waals surface area contributed by atoms with Gasteiger partial charge in [-0.25, -0.2) is 4.98 Å². The Morgan fingerprint density at radius 2 is 2.06 bits per heavy atom. The van der Waals surface area contributed by atoms with Crippen LogP contribution in [0.3, 0.4) is 0 Å². The Kier molecular flexibility index (Phi) is 5.11. The molecule has 0 saturated carbocycles. The lowest BCUT2D eigenvalue weighted by Gasteiger charge is -2.08. The van der Waals surface area contributed by atoms with Crippen molar-refractivity contribution < 1.29 is 4.79 Å². The van der Waals surface area contributed by atoms with Gasteiger partial charge in [0, 0.05) is 35.4 Å². The number of nitrogens with one attached hydrogen (secondary N) is 2. The van der Waals surface area contributed by atoms with Crippen molar-refractivity contribution >= 4 is 51.6 Å². The summed E-state index contributed by atoms with van der Waals surface area (Å²) in [7, 11) is 0. The second-order valence-corrected chi connectivity index (χ2v) is 7.99. The average molecular weight is 448 g/mol. The molecule has 0 bridgehead atoms. The van der Waals surface area contributed by atoms with Crippen LogP contribution in [-0.2, 0) is 6.54 Å². The number of aromatic nitrogens is 4. The van der Waals surface area contributed by atoms with Gasteiger partial charge in [-0.15, -0.1) is 10.2 Å². The van der Waals surface area contributed by atoms with Gasteiger partial charge in [0.1, 0.15) is 10.7 Å². The Morgan fingerprint density at radius 3 is 2.94 bits per heavy atom. The first-order valence-electron chi connectivity index (χ1n) is 9.27. The van der Waals surface area contributed by atoms with Gasteiger partial charge in [-0.2, -0.15) is 0 Å². The molecule has 2 N–H and O–H groups in total. The molecule has 152 valence electrons. The van der Waals surface area contributed by atoms with Crippen LogP contribution in [-0.4, -0.2) is 32.3 Å². The quantitative estimate of drug-likeness (QED) is 0.464. The van der Waals surface area contributed by atoms with E-state index in [1.54, 1.807) is 12.3 Å². The van der Waals surface area contributed by atoms with Gasteiger partial charge in [-0.1, -0.05) is 41.1 Å². The van der Waals surface area contributed by atoms with Crippen LogP contribution in [0.25, 0.3) is 10.6 Å². The lowest BCUT2D eigenvalue weighted by atomic mass is 10.1. The van der Waals surface area contributed by atoms with E-state index in [0.717, 1.165) is 22.4 Å². The van der Waals surface area contributed by atoms with Crippen molar-refractivity contribution in [3.63, 3.8) is 0 Å². The van der Waals surface area contributed by atoms with Crippen molar-refractivity contribution in [2.75, 3.05) is 10.6 Å². The molecule has 31 heavy (non-hydrogen) atoms. The number of hydrogen-bond acceptors (Lipinski definition) is 8. The molecule has 0 aliphatic carbocycles. The third kappa shape index (κ3) is 4.00. The molecule has 10 heteroatoms. The number of rotatable bonds is 5. The zero-order chi connectivity index (χ0) is 21.2. The summed E-state index contributed by atoms with van der Waals surface area (Å²) in [5.74, 6) is -0.334. The van der Waals surface area contributed by atoms with E-state index in [-0.39, 0.29) is 11.6 Å². The highest BCUT2D eigenvalue weighted by atomic mass is 35.5. The molecule has 0 radical (unpaired) electrons. The molecule has 4 aromatic rings. The summed E-state index contributed by atoms with van der Waals surface area (Å²) >= 11 is 7.89. The standard InChI is InChI=1S/C21H14ClN7OS/c22-18-15-10-24-9-13(15)4-5-16(18)27-21-29-28-20(31-21)12-2-1-3-14(8-12)26-19(30)17-11-23-6-7-25-17/h1-8,10-11H,9H2,(H,26,30)(H,27,29). The van der Waals surface area contributed by atoms with Gasteiger partial charge in [0.25, 0.3) is 5.91 Å². The first-order chi connectivity index (χ1) is 15.2. The normalized spacial score (nSPS) is 11.9. The highest BCUT2D eigenvalue weighted by Crippen LogP contribution is 2.35. The number of benzene rings is 2. The van der Waals surface area contributed by atoms with Crippen LogP contribution in [0, 0.1) is 0 Å². The van der Waals surface area contributed by atoms with Gasteiger partial charge in [-0.05, 0) is 23.8 Å². The number of fused-ring (bicyclic) bond motifs is 1. The van der Waals surface area contributed by atoms with Crippen molar-refractivity contribution in [1.82, 2.24) is 20.2 Å². The zero-order valence-electron chi connectivity index (χ0n) is 15.9. The molecule has 1 amide bonds. The third-order valence-electron chi connectivity index (χ3n) is 4.58. The molecule has 1 aliphatic rings. The van der Waals surface area contributed by atoms with Crippen LogP contribution >= 0.6 is 22.9 Å². The highest BCUT2D eigenvalue weighted by Gasteiger charge is 2.15. The van der Waals surface area contributed by atoms with Gasteiger partial charge in [0.15, 0.2) is 0 Å². The molecule has 0 unspecified atom stereocenters. The van der Waals surface area contributed by atoms with E-state index >= 15 is 0 Å². The maximum atomic E-state index is 12.3. The van der Waals surface area contributed by atoms with Crippen molar-refractivity contribution in [2.45, 2.75) is 6.54 Å². The average Bonchev–Trinajstić information content (AvgIpc) is 3.47. The Bertz CT molecular complexity index is 1310. The van der Waals surface area contributed by atoms with E-state index in [1.807, 2.05) is 30.3 Å². The highest BCUT2D eigenvalue weighted by molar-refractivity contribution is 7.18. The topological polar surface area (TPSA) is 105 Å². The molecule has 8 nitrogen and oxygen atoms in total. The van der Waals surface area contributed by atoms with Crippen LogP contribution in [0.15, 0.2) is 60.0 Å². The van der Waals surface area contributed by atoms with Crippen molar-refractivity contribution in [3.8, 4) is 10.6 Å². The minimum atomic E-state index is -0.334. The third-order valence-corrected chi connectivity index (χ3v) is 5.88. The van der Waals surface area contributed by atoms with Crippen LogP contribution in [0.1, 0.15) is 21.6 Å². The predicted octanol–water partition coefficient (Wildman–Crippen LogP) is 4.58. The number of amides is 1. The first-order valence-corrected chi connectivity index (χ1v) is 10.5. The van der Waals surface area contributed by atoms with Gasteiger partial charge < -0.3 is 10.6 Å². The molecule has 2 aromatic carbocycles. The SMILES string of the molecule is O=C(Nc1cccc(-c2nnc(Nc3ccc4c(c3Cl)C=NC4)s2)c1)c1cnccn1. The molecule has 1 aliphatic heterocycles. The zero-order valence-corrected chi connectivity index (χ0v) is 17.5. The Morgan fingerprint density at radius 1 is 1.13 bits per heavy atom. The molecule has 0 saturated heterocycles. The minimum Gasteiger partial charge on any atom is -0.329 e. The lowest BCUT2D eigenvalue weighted by Crippen LogP contribution is -2.13. The Balaban J connectivity index is 1.34. The summed E-state index contributed by atoms with van der Waals surface area (Å²) in [6, 6.07) is 11.3. The van der Waals surface area contributed by atoms with Gasteiger partial charge in [-0.3, -0.25) is 14.8 Å². The molecular weight excluding hydrogens is 434 g/mol. The van der Waals surface area contributed by atoms with Crippen molar-refractivity contribution in [2.24, 2.45) is 4.99 Å². The maximum absolute atomic E-state index is 12.3. The largest absolute Gasteiger partial charge is 0.329 e. The van der Waals surface area contributed by atoms with E-state index in [4.69, 9.17) is 11.6 Å². The second-order valence-electron chi connectivity index (χ2n) is 6.63. The summed E-state index contributed by atoms with van der Waals surface area (Å²) < 4.78 is 0. The molecule has 0 atom stereocenters. The van der Waals surface area contributed by atoms with Crippen LogP contribution < -0.4 is 10.6 Å². The number of nitrogens with zero attached hydrogens (tertiary/aromatic N) is 5. The first kappa shape index (κ1) is 19.3. The van der Waals surface area contributed by atoms with Crippen molar-refractivity contribution in [3.05, 3.63) is 76.8 Å². The summed E-state index contributed by atoms with van der Waals surface area (Å²) in [6.07, 6.45) is 6.19. The molecule has 0 spiro atoms. The molecule has 5 rings (SSSR count).